The molecule has 6 heteroatoms. The van der Waals surface area contributed by atoms with E-state index >= 15 is 0 Å². The molecule has 0 bridgehead atoms. The van der Waals surface area contributed by atoms with Crippen LogP contribution in [0.5, 0.6) is 11.5 Å². The Balaban J connectivity index is 1.85. The molecule has 1 atom stereocenters. The molecular formula is C20H23NO5. The number of hydrogen-bond acceptors (Lipinski definition) is 4. The van der Waals surface area contributed by atoms with Crippen LogP contribution in [0.2, 0.25) is 0 Å². The highest BCUT2D eigenvalue weighted by molar-refractivity contribution is 5.76. The van der Waals surface area contributed by atoms with Crippen LogP contribution >= 0.6 is 0 Å². The first-order valence-electron chi connectivity index (χ1n) is 8.35. The Hall–Kier alpha value is -3.02. The molecule has 2 N–H and O–H groups in total. The topological polar surface area (TPSA) is 84.9 Å². The van der Waals surface area contributed by atoms with Gasteiger partial charge in [-0.3, -0.25) is 4.79 Å². The highest BCUT2D eigenvalue weighted by atomic mass is 16.5. The number of methoxy groups -OCH3 is 1. The average Bonchev–Trinajstić information content (AvgIpc) is 2.65. The van der Waals surface area contributed by atoms with Gasteiger partial charge in [-0.2, -0.15) is 0 Å². The van der Waals surface area contributed by atoms with Gasteiger partial charge in [0.1, 0.15) is 11.5 Å². The minimum Gasteiger partial charge on any atom is -0.496 e. The molecule has 6 nitrogen and oxygen atoms in total. The Labute approximate surface area is 152 Å². The molecule has 2 rings (SSSR count). The van der Waals surface area contributed by atoms with Crippen LogP contribution < -0.4 is 14.8 Å². The number of carbonyl (C=O) groups is 2. The summed E-state index contributed by atoms with van der Waals surface area (Å²) in [6.45, 7) is 1.52. The van der Waals surface area contributed by atoms with Crippen LogP contribution in [0.25, 0.3) is 0 Å². The second kappa shape index (κ2) is 9.46. The van der Waals surface area contributed by atoms with Gasteiger partial charge < -0.3 is 19.9 Å². The number of nitrogens with one attached hydrogen (secondary N) is 1. The van der Waals surface area contributed by atoms with Gasteiger partial charge in [0.05, 0.1) is 13.2 Å². The predicted molar refractivity (Wildman–Crippen MR) is 97.4 cm³/mol. The molecule has 2 aromatic rings. The van der Waals surface area contributed by atoms with Crippen molar-refractivity contribution in [2.75, 3.05) is 13.7 Å². The van der Waals surface area contributed by atoms with E-state index in [0.717, 1.165) is 16.9 Å². The van der Waals surface area contributed by atoms with Crippen molar-refractivity contribution in [1.29, 1.82) is 0 Å². The highest BCUT2D eigenvalue weighted by Gasteiger charge is 2.11. The number of hydrogen-bond donors (Lipinski definition) is 2. The first kappa shape index (κ1) is 19.3. The van der Waals surface area contributed by atoms with Gasteiger partial charge in [-0.05, 0) is 42.7 Å². The monoisotopic (exact) mass is 357 g/mol. The Morgan fingerprint density at radius 2 is 1.81 bits per heavy atom. The number of carbonyl (C=O) groups excluding carboxylic acids is 1. The van der Waals surface area contributed by atoms with Crippen LogP contribution in [-0.2, 0) is 16.0 Å². The summed E-state index contributed by atoms with van der Waals surface area (Å²) < 4.78 is 10.4. The van der Waals surface area contributed by atoms with Crippen LogP contribution in [0.1, 0.15) is 30.5 Å². The van der Waals surface area contributed by atoms with E-state index < -0.39 is 5.97 Å². The molecule has 0 fully saturated rings. The molecule has 0 aliphatic heterocycles. The Bertz CT molecular complexity index is 742. The van der Waals surface area contributed by atoms with E-state index in [2.05, 4.69) is 5.32 Å². The van der Waals surface area contributed by atoms with Gasteiger partial charge >= 0.3 is 5.97 Å². The summed E-state index contributed by atoms with van der Waals surface area (Å²) in [5, 5.41) is 11.6. The third-order valence-electron chi connectivity index (χ3n) is 3.93. The molecule has 1 unspecified atom stereocenters. The molecule has 0 aliphatic carbocycles. The molecule has 138 valence electrons. The minimum absolute atomic E-state index is 0.0467. The number of carboxylic acids is 1. The molecule has 0 radical (unpaired) electrons. The zero-order chi connectivity index (χ0) is 18.9. The van der Waals surface area contributed by atoms with Crippen LogP contribution in [0.3, 0.4) is 0 Å². The van der Waals surface area contributed by atoms with Crippen LogP contribution in [0, 0.1) is 0 Å². The molecule has 0 aliphatic rings. The van der Waals surface area contributed by atoms with E-state index in [1.165, 1.54) is 0 Å². The molecule has 2 aromatic carbocycles. The van der Waals surface area contributed by atoms with Crippen molar-refractivity contribution in [3.8, 4) is 11.5 Å². The summed E-state index contributed by atoms with van der Waals surface area (Å²) in [4.78, 5) is 22.7. The standard InChI is InChI=1S/C20H23NO5/c1-14(15-7-10-17(11-8-15)26-13-20(23)24)21-19(22)12-9-16-5-3-4-6-18(16)25-2/h3-8,10-11,14H,9,12-13H2,1-2H3,(H,21,22)(H,23,24). The molecule has 1 amide bonds. The van der Waals surface area contributed by atoms with E-state index in [0.29, 0.717) is 18.6 Å². The average molecular weight is 357 g/mol. The van der Waals surface area contributed by atoms with Crippen molar-refractivity contribution in [3.05, 3.63) is 59.7 Å². The normalized spacial score (nSPS) is 11.5. The smallest absolute Gasteiger partial charge is 0.341 e. The lowest BCUT2D eigenvalue weighted by atomic mass is 10.1. The lowest BCUT2D eigenvalue weighted by molar-refractivity contribution is -0.139. The zero-order valence-electron chi connectivity index (χ0n) is 14.9. The second-order valence-electron chi connectivity index (χ2n) is 5.85. The van der Waals surface area contributed by atoms with Gasteiger partial charge in [0.15, 0.2) is 6.61 Å². The SMILES string of the molecule is COc1ccccc1CCC(=O)NC(C)c1ccc(OCC(=O)O)cc1. The minimum atomic E-state index is -1.02. The van der Waals surface area contributed by atoms with Crippen molar-refractivity contribution in [3.63, 3.8) is 0 Å². The summed E-state index contributed by atoms with van der Waals surface area (Å²) in [5.74, 6) is 0.190. The highest BCUT2D eigenvalue weighted by Crippen LogP contribution is 2.20. The molecule has 26 heavy (non-hydrogen) atoms. The summed E-state index contributed by atoms with van der Waals surface area (Å²) in [7, 11) is 1.62. The largest absolute Gasteiger partial charge is 0.496 e. The third kappa shape index (κ3) is 5.81. The summed E-state index contributed by atoms with van der Waals surface area (Å²) >= 11 is 0. The second-order valence-corrected chi connectivity index (χ2v) is 5.85. The van der Waals surface area contributed by atoms with Crippen molar-refractivity contribution < 1.29 is 24.2 Å². The van der Waals surface area contributed by atoms with Gasteiger partial charge in [0.25, 0.3) is 0 Å². The molecule has 0 spiro atoms. The maximum atomic E-state index is 12.2. The number of aliphatic carboxylic acids is 1. The number of aryl methyl sites for hydroxylation is 1. The molecule has 0 aromatic heterocycles. The van der Waals surface area contributed by atoms with Gasteiger partial charge in [-0.15, -0.1) is 0 Å². The fraction of sp³-hybridized carbons (Fsp3) is 0.300. The van der Waals surface area contributed by atoms with E-state index in [1.807, 2.05) is 43.3 Å². The van der Waals surface area contributed by atoms with Crippen LogP contribution in [0.15, 0.2) is 48.5 Å². The lowest BCUT2D eigenvalue weighted by Gasteiger charge is -2.15. The van der Waals surface area contributed by atoms with Crippen molar-refractivity contribution in [2.24, 2.45) is 0 Å². The number of para-hydroxylation sites is 1. The van der Waals surface area contributed by atoms with Crippen molar-refractivity contribution >= 4 is 11.9 Å². The van der Waals surface area contributed by atoms with E-state index in [1.54, 1.807) is 19.2 Å². The first-order chi connectivity index (χ1) is 12.5. The van der Waals surface area contributed by atoms with Gasteiger partial charge in [0.2, 0.25) is 5.91 Å². The summed E-state index contributed by atoms with van der Waals surface area (Å²) in [5.41, 5.74) is 1.91. The maximum absolute atomic E-state index is 12.2. The van der Waals surface area contributed by atoms with E-state index in [9.17, 15) is 9.59 Å². The third-order valence-corrected chi connectivity index (χ3v) is 3.93. The van der Waals surface area contributed by atoms with Crippen LogP contribution in [0.4, 0.5) is 0 Å². The summed E-state index contributed by atoms with van der Waals surface area (Å²) in [6.07, 6.45) is 0.967. The van der Waals surface area contributed by atoms with Gasteiger partial charge in [-0.25, -0.2) is 4.79 Å². The number of ether oxygens (including phenoxy) is 2. The lowest BCUT2D eigenvalue weighted by Crippen LogP contribution is -2.26. The fourth-order valence-corrected chi connectivity index (χ4v) is 2.55. The molecule has 0 saturated heterocycles. The molecule has 0 saturated carbocycles. The van der Waals surface area contributed by atoms with E-state index in [-0.39, 0.29) is 18.6 Å². The zero-order valence-corrected chi connectivity index (χ0v) is 14.9. The number of amides is 1. The van der Waals surface area contributed by atoms with E-state index in [4.69, 9.17) is 14.6 Å². The number of benzene rings is 2. The molecule has 0 heterocycles. The predicted octanol–water partition coefficient (Wildman–Crippen LogP) is 2.97. The van der Waals surface area contributed by atoms with Gasteiger partial charge in [-0.1, -0.05) is 30.3 Å². The molecular weight excluding hydrogens is 334 g/mol. The quantitative estimate of drug-likeness (QED) is 0.721. The first-order valence-corrected chi connectivity index (χ1v) is 8.35. The van der Waals surface area contributed by atoms with Gasteiger partial charge in [0, 0.05) is 6.42 Å². The fourth-order valence-electron chi connectivity index (χ4n) is 2.55. The van der Waals surface area contributed by atoms with Crippen molar-refractivity contribution in [1.82, 2.24) is 5.32 Å². The van der Waals surface area contributed by atoms with Crippen molar-refractivity contribution in [2.45, 2.75) is 25.8 Å². The Morgan fingerprint density at radius 3 is 2.46 bits per heavy atom. The number of carboxylic acid groups (broad SMARTS) is 1. The van der Waals surface area contributed by atoms with Crippen LogP contribution in [-0.4, -0.2) is 30.7 Å². The Kier molecular flexibility index (Phi) is 7.02. The summed E-state index contributed by atoms with van der Waals surface area (Å²) in [6, 6.07) is 14.5. The number of rotatable bonds is 9. The Morgan fingerprint density at radius 1 is 1.12 bits per heavy atom. The maximum Gasteiger partial charge on any atom is 0.341 e.